The zero-order valence-corrected chi connectivity index (χ0v) is 21.0. The first-order valence-electron chi connectivity index (χ1n) is 11.6. The van der Waals surface area contributed by atoms with Crippen LogP contribution < -0.4 is 9.64 Å². The molecule has 37 heavy (non-hydrogen) atoms. The van der Waals surface area contributed by atoms with E-state index in [-0.39, 0.29) is 16.9 Å². The number of anilines is 1. The average molecular weight is 515 g/mol. The molecule has 3 aromatic carbocycles. The summed E-state index contributed by atoms with van der Waals surface area (Å²) < 4.78 is 20.0. The van der Waals surface area contributed by atoms with E-state index in [9.17, 15) is 19.1 Å². The third-order valence-corrected chi connectivity index (χ3v) is 7.15. The van der Waals surface area contributed by atoms with Crippen molar-refractivity contribution >= 4 is 44.1 Å². The summed E-state index contributed by atoms with van der Waals surface area (Å²) in [7, 11) is 0. The maximum Gasteiger partial charge on any atom is 0.301 e. The van der Waals surface area contributed by atoms with E-state index in [1.54, 1.807) is 30.3 Å². The number of hydrogen-bond donors (Lipinski definition) is 1. The lowest BCUT2D eigenvalue weighted by Gasteiger charge is -2.23. The van der Waals surface area contributed by atoms with E-state index in [2.05, 4.69) is 6.58 Å². The summed E-state index contributed by atoms with van der Waals surface area (Å²) in [5, 5.41) is 11.5. The van der Waals surface area contributed by atoms with Crippen LogP contribution in [-0.2, 0) is 9.59 Å². The number of Topliss-reactive ketones (excluding diaryl/α,β-unsaturated/α-hetero) is 1. The number of aliphatic hydroxyl groups excluding tert-OH is 1. The molecule has 0 radical (unpaired) electrons. The molecule has 1 amide bonds. The summed E-state index contributed by atoms with van der Waals surface area (Å²) in [6.45, 7) is 7.89. The highest BCUT2D eigenvalue weighted by molar-refractivity contribution is 7.22. The van der Waals surface area contributed by atoms with Crippen molar-refractivity contribution in [2.45, 2.75) is 19.9 Å². The highest BCUT2D eigenvalue weighted by Gasteiger charge is 2.48. The molecule has 1 aliphatic rings. The number of amides is 1. The Hall–Kier alpha value is -4.30. The maximum atomic E-state index is 13.5. The van der Waals surface area contributed by atoms with Crippen molar-refractivity contribution in [2.75, 3.05) is 11.5 Å². The Morgan fingerprint density at radius 3 is 2.51 bits per heavy atom. The Balaban J connectivity index is 1.69. The molecular weight excluding hydrogens is 491 g/mol. The molecular formula is C29H23FN2O4S. The molecule has 8 heteroatoms. The molecule has 1 aliphatic heterocycles. The van der Waals surface area contributed by atoms with Crippen LogP contribution in [0, 0.1) is 19.7 Å². The van der Waals surface area contributed by atoms with Crippen molar-refractivity contribution in [3.05, 3.63) is 107 Å². The first kappa shape index (κ1) is 24.4. The fraction of sp³-hybridized carbons (Fsp3) is 0.138. The van der Waals surface area contributed by atoms with E-state index in [1.165, 1.54) is 40.5 Å². The van der Waals surface area contributed by atoms with Crippen LogP contribution in [0.2, 0.25) is 0 Å². The summed E-state index contributed by atoms with van der Waals surface area (Å²) in [5.74, 6) is -1.92. The number of ether oxygens (including phenoxy) is 1. The number of nitrogens with zero attached hydrogens (tertiary/aromatic N) is 2. The molecule has 0 aliphatic carbocycles. The fourth-order valence-electron chi connectivity index (χ4n) is 4.47. The molecule has 4 aromatic rings. The van der Waals surface area contributed by atoms with Gasteiger partial charge in [-0.2, -0.15) is 0 Å². The molecule has 1 aromatic heterocycles. The minimum atomic E-state index is -0.944. The van der Waals surface area contributed by atoms with Crippen molar-refractivity contribution in [3.8, 4) is 5.75 Å². The summed E-state index contributed by atoms with van der Waals surface area (Å²) >= 11 is 1.31. The van der Waals surface area contributed by atoms with Gasteiger partial charge in [-0.15, -0.1) is 0 Å². The van der Waals surface area contributed by atoms with Gasteiger partial charge in [0.1, 0.15) is 23.9 Å². The van der Waals surface area contributed by atoms with Gasteiger partial charge in [-0.3, -0.25) is 14.5 Å². The largest absolute Gasteiger partial charge is 0.507 e. The Labute approximate surface area is 217 Å². The van der Waals surface area contributed by atoms with Gasteiger partial charge in [0.25, 0.3) is 5.78 Å². The molecule has 2 heterocycles. The maximum absolute atomic E-state index is 13.5. The van der Waals surface area contributed by atoms with Crippen LogP contribution in [0.25, 0.3) is 16.0 Å². The van der Waals surface area contributed by atoms with E-state index in [1.807, 2.05) is 26.0 Å². The Morgan fingerprint density at radius 2 is 1.84 bits per heavy atom. The zero-order chi connectivity index (χ0) is 26.3. The normalized spacial score (nSPS) is 16.9. The number of carbonyl (C=O) groups is 2. The van der Waals surface area contributed by atoms with Gasteiger partial charge in [0, 0.05) is 5.56 Å². The van der Waals surface area contributed by atoms with E-state index < -0.39 is 23.5 Å². The van der Waals surface area contributed by atoms with Crippen LogP contribution in [0.4, 0.5) is 9.52 Å². The smallest absolute Gasteiger partial charge is 0.301 e. The van der Waals surface area contributed by atoms with Gasteiger partial charge in [-0.1, -0.05) is 42.2 Å². The van der Waals surface area contributed by atoms with Gasteiger partial charge in [0.05, 0.1) is 21.8 Å². The third-order valence-electron chi connectivity index (χ3n) is 6.15. The lowest BCUT2D eigenvalue weighted by atomic mass is 9.95. The molecule has 1 N–H and O–H groups in total. The second-order valence-corrected chi connectivity index (χ2v) is 9.78. The standard InChI is InChI=1S/C29H23FN2O4S/c1-4-13-36-21-11-7-18(8-12-21)25-23(26(33)19-5-9-20(30)10-6-19)27(34)28(35)32(25)29-31-24-17(3)14-16(2)15-22(24)37-29/h4-12,14-15,25,33H,1,13H2,2-3H3. The van der Waals surface area contributed by atoms with Crippen LogP contribution in [-0.4, -0.2) is 28.4 Å². The molecule has 1 saturated heterocycles. The van der Waals surface area contributed by atoms with Crippen molar-refractivity contribution in [1.82, 2.24) is 4.98 Å². The summed E-state index contributed by atoms with van der Waals surface area (Å²) in [5.41, 5.74) is 3.49. The van der Waals surface area contributed by atoms with Crippen LogP contribution in [0.5, 0.6) is 5.75 Å². The molecule has 1 unspecified atom stereocenters. The van der Waals surface area contributed by atoms with Crippen LogP contribution in [0.15, 0.2) is 78.9 Å². The number of carbonyl (C=O) groups excluding carboxylic acids is 2. The molecule has 1 fully saturated rings. The van der Waals surface area contributed by atoms with Gasteiger partial charge in [0.15, 0.2) is 5.13 Å². The summed E-state index contributed by atoms with van der Waals surface area (Å²) in [6, 6.07) is 15.1. The number of rotatable bonds is 6. The Bertz CT molecular complexity index is 1570. The van der Waals surface area contributed by atoms with Gasteiger partial charge >= 0.3 is 5.91 Å². The number of ketones is 1. The Kier molecular flexibility index (Phi) is 6.35. The SMILES string of the molecule is C=CCOc1ccc(C2C(=C(O)c3ccc(F)cc3)C(=O)C(=O)N2c2nc3c(C)cc(C)cc3s2)cc1. The predicted octanol–water partition coefficient (Wildman–Crippen LogP) is 6.24. The number of benzene rings is 3. The predicted molar refractivity (Wildman–Crippen MR) is 142 cm³/mol. The average Bonchev–Trinajstić information content (AvgIpc) is 3.41. The number of halogens is 1. The first-order valence-corrected chi connectivity index (χ1v) is 12.4. The highest BCUT2D eigenvalue weighted by atomic mass is 32.1. The number of fused-ring (bicyclic) bond motifs is 1. The van der Waals surface area contributed by atoms with Gasteiger partial charge in [0.2, 0.25) is 0 Å². The second kappa shape index (κ2) is 9.63. The molecule has 5 rings (SSSR count). The van der Waals surface area contributed by atoms with E-state index >= 15 is 0 Å². The van der Waals surface area contributed by atoms with Crippen LogP contribution >= 0.6 is 11.3 Å². The van der Waals surface area contributed by atoms with Crippen LogP contribution in [0.3, 0.4) is 0 Å². The number of aliphatic hydroxyl groups is 1. The molecule has 1 atom stereocenters. The molecule has 6 nitrogen and oxygen atoms in total. The molecule has 0 bridgehead atoms. The minimum Gasteiger partial charge on any atom is -0.507 e. The van der Waals surface area contributed by atoms with Gasteiger partial charge < -0.3 is 9.84 Å². The lowest BCUT2D eigenvalue weighted by molar-refractivity contribution is -0.132. The first-order chi connectivity index (χ1) is 17.8. The summed E-state index contributed by atoms with van der Waals surface area (Å²) in [4.78, 5) is 32.8. The quantitative estimate of drug-likeness (QED) is 0.143. The monoisotopic (exact) mass is 514 g/mol. The Morgan fingerprint density at radius 1 is 1.14 bits per heavy atom. The van der Waals surface area contributed by atoms with Crippen molar-refractivity contribution in [1.29, 1.82) is 0 Å². The van der Waals surface area contributed by atoms with Crippen molar-refractivity contribution < 1.29 is 23.8 Å². The second-order valence-electron chi connectivity index (χ2n) is 8.77. The van der Waals surface area contributed by atoms with Gasteiger partial charge in [-0.05, 0) is 73.0 Å². The topological polar surface area (TPSA) is 79.7 Å². The lowest BCUT2D eigenvalue weighted by Crippen LogP contribution is -2.29. The number of aryl methyl sites for hydroxylation is 2. The highest BCUT2D eigenvalue weighted by Crippen LogP contribution is 2.45. The van der Waals surface area contributed by atoms with Gasteiger partial charge in [-0.25, -0.2) is 9.37 Å². The minimum absolute atomic E-state index is 0.0940. The van der Waals surface area contributed by atoms with Crippen molar-refractivity contribution in [3.63, 3.8) is 0 Å². The van der Waals surface area contributed by atoms with Crippen LogP contribution in [0.1, 0.15) is 28.3 Å². The fourth-order valence-corrected chi connectivity index (χ4v) is 5.64. The third kappa shape index (κ3) is 4.40. The zero-order valence-electron chi connectivity index (χ0n) is 20.2. The summed E-state index contributed by atoms with van der Waals surface area (Å²) in [6.07, 6.45) is 1.63. The molecule has 0 saturated carbocycles. The van der Waals surface area contributed by atoms with E-state index in [0.29, 0.717) is 23.1 Å². The number of hydrogen-bond acceptors (Lipinski definition) is 6. The van der Waals surface area contributed by atoms with Crippen molar-refractivity contribution in [2.24, 2.45) is 0 Å². The number of aromatic nitrogens is 1. The van der Waals surface area contributed by atoms with E-state index in [0.717, 1.165) is 21.3 Å². The number of thiazole rings is 1. The van der Waals surface area contributed by atoms with E-state index in [4.69, 9.17) is 9.72 Å². The molecule has 0 spiro atoms. The molecule has 186 valence electrons.